The quantitative estimate of drug-likeness (QED) is 0.484. The summed E-state index contributed by atoms with van der Waals surface area (Å²) < 4.78 is 19.7. The van der Waals surface area contributed by atoms with E-state index in [-0.39, 0.29) is 11.1 Å². The highest BCUT2D eigenvalue weighted by molar-refractivity contribution is 6.09. The predicted octanol–water partition coefficient (Wildman–Crippen LogP) is 1.16. The molecule has 32 heavy (non-hydrogen) atoms. The fourth-order valence-corrected chi connectivity index (χ4v) is 4.09. The SMILES string of the molecule is CCN1C2=CC(C(=O)OC)=C(C(=O)OC)[C@@H](C(=O)OC)[C@H](C(=O)OC)N2c2ccccc21. The molecule has 1 aromatic rings. The van der Waals surface area contributed by atoms with Gasteiger partial charge in [0.15, 0.2) is 6.04 Å². The summed E-state index contributed by atoms with van der Waals surface area (Å²) in [6.07, 6.45) is 1.42. The monoisotopic (exact) mass is 444 g/mol. The number of ether oxygens (including phenoxy) is 4. The molecular formula is C22H24N2O8. The minimum atomic E-state index is -1.53. The summed E-state index contributed by atoms with van der Waals surface area (Å²) in [5, 5.41) is 0. The number of anilines is 2. The van der Waals surface area contributed by atoms with E-state index < -0.39 is 35.8 Å². The van der Waals surface area contributed by atoms with Gasteiger partial charge in [0.1, 0.15) is 11.7 Å². The van der Waals surface area contributed by atoms with Gasteiger partial charge in [-0.3, -0.25) is 4.79 Å². The highest BCUT2D eigenvalue weighted by Crippen LogP contribution is 2.47. The zero-order chi connectivity index (χ0) is 23.6. The summed E-state index contributed by atoms with van der Waals surface area (Å²) in [6, 6.07) is 5.86. The molecule has 2 aliphatic rings. The maximum Gasteiger partial charge on any atom is 0.338 e. The first-order chi connectivity index (χ1) is 15.4. The molecule has 10 heteroatoms. The molecule has 170 valence electrons. The van der Waals surface area contributed by atoms with Crippen LogP contribution in [-0.4, -0.2) is 64.9 Å². The molecule has 0 spiro atoms. The van der Waals surface area contributed by atoms with E-state index in [1.54, 1.807) is 17.0 Å². The van der Waals surface area contributed by atoms with Crippen LogP contribution in [0.1, 0.15) is 6.92 Å². The molecule has 0 saturated heterocycles. The Morgan fingerprint density at radius 2 is 1.44 bits per heavy atom. The van der Waals surface area contributed by atoms with E-state index in [0.29, 0.717) is 18.1 Å². The molecule has 2 heterocycles. The molecule has 0 amide bonds. The average molecular weight is 444 g/mol. The number of methoxy groups -OCH3 is 4. The molecule has 0 unspecified atom stereocenters. The zero-order valence-corrected chi connectivity index (χ0v) is 18.4. The molecular weight excluding hydrogens is 420 g/mol. The third-order valence-electron chi connectivity index (χ3n) is 5.45. The van der Waals surface area contributed by atoms with Crippen LogP contribution in [-0.2, 0) is 38.1 Å². The first-order valence-electron chi connectivity index (χ1n) is 9.80. The van der Waals surface area contributed by atoms with Crippen molar-refractivity contribution in [1.29, 1.82) is 0 Å². The summed E-state index contributed by atoms with van der Waals surface area (Å²) in [4.78, 5) is 55.1. The molecule has 1 aromatic carbocycles. The molecule has 2 aliphatic heterocycles. The van der Waals surface area contributed by atoms with Crippen molar-refractivity contribution in [3.05, 3.63) is 47.3 Å². The van der Waals surface area contributed by atoms with Gasteiger partial charge in [-0.25, -0.2) is 14.4 Å². The number of hydrogen-bond acceptors (Lipinski definition) is 10. The minimum absolute atomic E-state index is 0.215. The molecule has 0 N–H and O–H groups in total. The van der Waals surface area contributed by atoms with Crippen molar-refractivity contribution in [2.75, 3.05) is 44.8 Å². The van der Waals surface area contributed by atoms with E-state index in [4.69, 9.17) is 18.9 Å². The van der Waals surface area contributed by atoms with Crippen molar-refractivity contribution in [3.8, 4) is 0 Å². The predicted molar refractivity (Wildman–Crippen MR) is 112 cm³/mol. The number of para-hydroxylation sites is 2. The van der Waals surface area contributed by atoms with Gasteiger partial charge in [0, 0.05) is 6.54 Å². The summed E-state index contributed by atoms with van der Waals surface area (Å²) in [6.45, 7) is 2.36. The van der Waals surface area contributed by atoms with Gasteiger partial charge in [0.05, 0.1) is 51.0 Å². The highest BCUT2D eigenvalue weighted by atomic mass is 16.5. The van der Waals surface area contributed by atoms with E-state index in [1.807, 2.05) is 24.0 Å². The molecule has 3 rings (SSSR count). The van der Waals surface area contributed by atoms with Gasteiger partial charge in [0.2, 0.25) is 0 Å². The van der Waals surface area contributed by atoms with E-state index in [9.17, 15) is 19.2 Å². The fraction of sp³-hybridized carbons (Fsp3) is 0.364. The van der Waals surface area contributed by atoms with E-state index in [1.165, 1.54) is 13.2 Å². The Balaban J connectivity index is 2.45. The fourth-order valence-electron chi connectivity index (χ4n) is 4.09. The standard InChI is InChI=1S/C22H24N2O8/c1-6-23-13-9-7-8-10-14(13)24-15(23)11-12(19(25)29-2)16(20(26)30-3)17(21(27)31-4)18(24)22(28)32-5/h7-11,17-18H,6H2,1-5H3/t17-,18-/m1/s1. The number of carbonyl (C=O) groups excluding carboxylic acids is 4. The van der Waals surface area contributed by atoms with Crippen LogP contribution in [0.5, 0.6) is 0 Å². The Morgan fingerprint density at radius 3 is 1.97 bits per heavy atom. The lowest BCUT2D eigenvalue weighted by molar-refractivity contribution is -0.154. The topological polar surface area (TPSA) is 112 Å². The smallest absolute Gasteiger partial charge is 0.338 e. The van der Waals surface area contributed by atoms with Gasteiger partial charge in [0.25, 0.3) is 0 Å². The maximum absolute atomic E-state index is 13.1. The third kappa shape index (κ3) is 3.47. The van der Waals surface area contributed by atoms with Crippen LogP contribution in [0.15, 0.2) is 47.3 Å². The number of nitrogens with zero attached hydrogens (tertiary/aromatic N) is 2. The second-order valence-corrected chi connectivity index (χ2v) is 6.88. The largest absolute Gasteiger partial charge is 0.468 e. The molecule has 0 radical (unpaired) electrons. The number of benzene rings is 1. The Kier molecular flexibility index (Phi) is 6.52. The first-order valence-corrected chi connectivity index (χ1v) is 9.80. The van der Waals surface area contributed by atoms with Crippen LogP contribution in [0.2, 0.25) is 0 Å². The molecule has 0 aromatic heterocycles. The molecule has 0 aliphatic carbocycles. The van der Waals surface area contributed by atoms with Gasteiger partial charge in [-0.05, 0) is 25.1 Å². The second-order valence-electron chi connectivity index (χ2n) is 6.88. The minimum Gasteiger partial charge on any atom is -0.468 e. The van der Waals surface area contributed by atoms with Crippen molar-refractivity contribution in [1.82, 2.24) is 0 Å². The second kappa shape index (κ2) is 9.13. The van der Waals surface area contributed by atoms with Crippen LogP contribution in [0, 0.1) is 5.92 Å². The van der Waals surface area contributed by atoms with Gasteiger partial charge < -0.3 is 28.7 Å². The van der Waals surface area contributed by atoms with Gasteiger partial charge in [-0.2, -0.15) is 0 Å². The Morgan fingerprint density at radius 1 is 0.844 bits per heavy atom. The highest BCUT2D eigenvalue weighted by Gasteiger charge is 2.52. The number of fused-ring (bicyclic) bond motifs is 3. The van der Waals surface area contributed by atoms with Gasteiger partial charge in [-0.15, -0.1) is 0 Å². The molecule has 0 fully saturated rings. The summed E-state index contributed by atoms with van der Waals surface area (Å²) >= 11 is 0. The van der Waals surface area contributed by atoms with Crippen LogP contribution in [0.25, 0.3) is 0 Å². The summed E-state index contributed by atoms with van der Waals surface area (Å²) in [7, 11) is 4.56. The average Bonchev–Trinajstić information content (AvgIpc) is 3.04. The number of rotatable bonds is 5. The number of hydrogen-bond donors (Lipinski definition) is 0. The lowest BCUT2D eigenvalue weighted by atomic mass is 9.87. The summed E-state index contributed by atoms with van der Waals surface area (Å²) in [5.74, 6) is -4.69. The first kappa shape index (κ1) is 22.9. The lowest BCUT2D eigenvalue weighted by Crippen LogP contribution is -2.50. The molecule has 10 nitrogen and oxygen atoms in total. The van der Waals surface area contributed by atoms with Crippen molar-refractivity contribution in [3.63, 3.8) is 0 Å². The zero-order valence-electron chi connectivity index (χ0n) is 18.4. The Bertz CT molecular complexity index is 1030. The van der Waals surface area contributed by atoms with Crippen LogP contribution < -0.4 is 9.80 Å². The van der Waals surface area contributed by atoms with Crippen LogP contribution >= 0.6 is 0 Å². The van der Waals surface area contributed by atoms with Crippen molar-refractivity contribution in [2.24, 2.45) is 5.92 Å². The maximum atomic E-state index is 13.1. The van der Waals surface area contributed by atoms with Crippen molar-refractivity contribution < 1.29 is 38.1 Å². The van der Waals surface area contributed by atoms with Crippen molar-refractivity contribution >= 4 is 35.3 Å². The van der Waals surface area contributed by atoms with E-state index >= 15 is 0 Å². The molecule has 2 atom stereocenters. The van der Waals surface area contributed by atoms with Gasteiger partial charge in [-0.1, -0.05) is 12.1 Å². The molecule has 0 bridgehead atoms. The lowest BCUT2D eigenvalue weighted by Gasteiger charge is -2.33. The molecule has 0 saturated carbocycles. The van der Waals surface area contributed by atoms with E-state index in [2.05, 4.69) is 0 Å². The normalized spacial score (nSPS) is 19.3. The van der Waals surface area contributed by atoms with E-state index in [0.717, 1.165) is 27.0 Å². The van der Waals surface area contributed by atoms with Gasteiger partial charge >= 0.3 is 23.9 Å². The third-order valence-corrected chi connectivity index (χ3v) is 5.45. The Labute approximate surface area is 184 Å². The number of esters is 4. The van der Waals surface area contributed by atoms with Crippen molar-refractivity contribution in [2.45, 2.75) is 13.0 Å². The summed E-state index contributed by atoms with van der Waals surface area (Å²) in [5.41, 5.74) is 0.786. The number of carbonyl (C=O) groups is 4. The van der Waals surface area contributed by atoms with Crippen LogP contribution in [0.4, 0.5) is 11.4 Å². The Hall–Kier alpha value is -3.82. The van der Waals surface area contributed by atoms with Crippen LogP contribution in [0.3, 0.4) is 0 Å².